The molecule has 2 rings (SSSR count). The molecule has 1 aromatic carbocycles. The molecule has 0 amide bonds. The lowest BCUT2D eigenvalue weighted by atomic mass is 9.92. The first-order valence-corrected chi connectivity index (χ1v) is 7.38. The van der Waals surface area contributed by atoms with Crippen molar-refractivity contribution in [1.82, 2.24) is 5.32 Å². The Bertz CT molecular complexity index is 379. The third-order valence-corrected chi connectivity index (χ3v) is 4.20. The second-order valence-electron chi connectivity index (χ2n) is 5.45. The largest absolute Gasteiger partial charge is 0.314 e. The summed E-state index contributed by atoms with van der Waals surface area (Å²) in [7, 11) is 0. The van der Waals surface area contributed by atoms with Crippen molar-refractivity contribution in [2.45, 2.75) is 51.5 Å². The van der Waals surface area contributed by atoms with Crippen molar-refractivity contribution in [2.75, 3.05) is 6.54 Å². The summed E-state index contributed by atoms with van der Waals surface area (Å²) in [6.07, 6.45) is 6.37. The van der Waals surface area contributed by atoms with E-state index in [1.54, 1.807) is 0 Å². The van der Waals surface area contributed by atoms with Crippen LogP contribution in [0.1, 0.15) is 44.6 Å². The summed E-state index contributed by atoms with van der Waals surface area (Å²) in [4.78, 5) is 0. The van der Waals surface area contributed by atoms with Crippen molar-refractivity contribution in [3.8, 4) is 0 Å². The zero-order chi connectivity index (χ0) is 13.7. The summed E-state index contributed by atoms with van der Waals surface area (Å²) in [5.41, 5.74) is 0.239. The van der Waals surface area contributed by atoms with Gasteiger partial charge in [0.15, 0.2) is 0 Å². The van der Waals surface area contributed by atoms with Gasteiger partial charge in [0.1, 0.15) is 11.6 Å². The smallest absolute Gasteiger partial charge is 0.129 e. The first-order valence-electron chi connectivity index (χ1n) is 7.38. The molecule has 1 saturated carbocycles. The van der Waals surface area contributed by atoms with E-state index in [0.29, 0.717) is 18.4 Å². The van der Waals surface area contributed by atoms with E-state index in [-0.39, 0.29) is 5.56 Å². The monoisotopic (exact) mass is 267 g/mol. The maximum Gasteiger partial charge on any atom is 0.129 e. The molecule has 1 fully saturated rings. The van der Waals surface area contributed by atoms with Crippen LogP contribution in [0.2, 0.25) is 0 Å². The van der Waals surface area contributed by atoms with Gasteiger partial charge in [-0.15, -0.1) is 0 Å². The first kappa shape index (κ1) is 14.4. The lowest BCUT2D eigenvalue weighted by molar-refractivity contribution is 0.343. The molecule has 1 atom stereocenters. The highest BCUT2D eigenvalue weighted by Gasteiger charge is 2.24. The second-order valence-corrected chi connectivity index (χ2v) is 5.45. The van der Waals surface area contributed by atoms with Gasteiger partial charge in [0, 0.05) is 11.6 Å². The topological polar surface area (TPSA) is 12.0 Å². The van der Waals surface area contributed by atoms with Crippen LogP contribution in [0.4, 0.5) is 8.78 Å². The standard InChI is InChI=1S/C16H23F2N/c1-2-19-16(12-6-3-4-7-12)11-10-13-14(17)8-5-9-15(13)18/h5,8-9,12,16,19H,2-4,6-7,10-11H2,1H3. The van der Waals surface area contributed by atoms with E-state index in [1.807, 2.05) is 0 Å². The van der Waals surface area contributed by atoms with E-state index >= 15 is 0 Å². The highest BCUT2D eigenvalue weighted by Crippen LogP contribution is 2.30. The average molecular weight is 267 g/mol. The summed E-state index contributed by atoms with van der Waals surface area (Å²) >= 11 is 0. The molecule has 1 nitrogen and oxygen atoms in total. The van der Waals surface area contributed by atoms with Crippen molar-refractivity contribution in [3.63, 3.8) is 0 Å². The number of hydrogen-bond acceptors (Lipinski definition) is 1. The second kappa shape index (κ2) is 6.99. The normalized spacial score (nSPS) is 17.8. The summed E-state index contributed by atoms with van der Waals surface area (Å²) in [6, 6.07) is 4.51. The van der Waals surface area contributed by atoms with Crippen LogP contribution in [-0.4, -0.2) is 12.6 Å². The maximum absolute atomic E-state index is 13.6. The van der Waals surface area contributed by atoms with E-state index < -0.39 is 11.6 Å². The van der Waals surface area contributed by atoms with Crippen LogP contribution in [0, 0.1) is 17.6 Å². The third-order valence-electron chi connectivity index (χ3n) is 4.20. The first-order chi connectivity index (χ1) is 9.22. The maximum atomic E-state index is 13.6. The molecule has 19 heavy (non-hydrogen) atoms. The van der Waals surface area contributed by atoms with Crippen molar-refractivity contribution < 1.29 is 8.78 Å². The Morgan fingerprint density at radius 1 is 1.21 bits per heavy atom. The Balaban J connectivity index is 1.98. The minimum absolute atomic E-state index is 0.239. The molecule has 1 unspecified atom stereocenters. The molecule has 0 radical (unpaired) electrons. The molecule has 0 spiro atoms. The quantitative estimate of drug-likeness (QED) is 0.819. The van der Waals surface area contributed by atoms with Gasteiger partial charge in [-0.2, -0.15) is 0 Å². The van der Waals surface area contributed by atoms with Crippen molar-refractivity contribution in [2.24, 2.45) is 5.92 Å². The Morgan fingerprint density at radius 2 is 1.84 bits per heavy atom. The van der Waals surface area contributed by atoms with Gasteiger partial charge < -0.3 is 5.32 Å². The van der Waals surface area contributed by atoms with Gasteiger partial charge in [0.05, 0.1) is 0 Å². The van der Waals surface area contributed by atoms with Crippen molar-refractivity contribution >= 4 is 0 Å². The molecule has 0 saturated heterocycles. The Kier molecular flexibility index (Phi) is 5.32. The minimum atomic E-state index is -0.415. The molecule has 1 N–H and O–H groups in total. The molecule has 1 aliphatic rings. The summed E-state index contributed by atoms with van der Waals surface area (Å²) < 4.78 is 27.2. The minimum Gasteiger partial charge on any atom is -0.314 e. The van der Waals surface area contributed by atoms with Gasteiger partial charge >= 0.3 is 0 Å². The Labute approximate surface area is 114 Å². The van der Waals surface area contributed by atoms with Crippen LogP contribution in [-0.2, 0) is 6.42 Å². The predicted molar refractivity (Wildman–Crippen MR) is 74.1 cm³/mol. The van der Waals surface area contributed by atoms with Crippen LogP contribution in [0.3, 0.4) is 0 Å². The fourth-order valence-corrected chi connectivity index (χ4v) is 3.20. The van der Waals surface area contributed by atoms with Gasteiger partial charge in [-0.25, -0.2) is 8.78 Å². The number of nitrogens with one attached hydrogen (secondary N) is 1. The van der Waals surface area contributed by atoms with Crippen LogP contribution < -0.4 is 5.32 Å². The zero-order valence-electron chi connectivity index (χ0n) is 11.6. The number of halogens is 2. The van der Waals surface area contributed by atoms with E-state index in [1.165, 1.54) is 43.9 Å². The molecule has 0 aliphatic heterocycles. The van der Waals surface area contributed by atoms with Crippen LogP contribution in [0.15, 0.2) is 18.2 Å². The predicted octanol–water partition coefficient (Wildman–Crippen LogP) is 4.07. The fourth-order valence-electron chi connectivity index (χ4n) is 3.20. The molecule has 0 heterocycles. The molecule has 0 aromatic heterocycles. The number of hydrogen-bond donors (Lipinski definition) is 1. The van der Waals surface area contributed by atoms with E-state index in [0.717, 1.165) is 13.0 Å². The fraction of sp³-hybridized carbons (Fsp3) is 0.625. The van der Waals surface area contributed by atoms with E-state index in [9.17, 15) is 8.78 Å². The van der Waals surface area contributed by atoms with Gasteiger partial charge in [-0.05, 0) is 50.3 Å². The number of rotatable bonds is 6. The van der Waals surface area contributed by atoms with E-state index in [2.05, 4.69) is 12.2 Å². The summed E-state index contributed by atoms with van der Waals surface area (Å²) in [5.74, 6) is -0.155. The SMILES string of the molecule is CCNC(CCc1c(F)cccc1F)C1CCCC1. The van der Waals surface area contributed by atoms with E-state index in [4.69, 9.17) is 0 Å². The van der Waals surface area contributed by atoms with Gasteiger partial charge in [-0.3, -0.25) is 0 Å². The van der Waals surface area contributed by atoms with Crippen molar-refractivity contribution in [3.05, 3.63) is 35.4 Å². The molecular weight excluding hydrogens is 244 g/mol. The highest BCUT2D eigenvalue weighted by molar-refractivity contribution is 5.19. The third kappa shape index (κ3) is 3.75. The summed E-state index contributed by atoms with van der Waals surface area (Å²) in [6.45, 7) is 3.01. The van der Waals surface area contributed by atoms with Crippen LogP contribution in [0.5, 0.6) is 0 Å². The number of benzene rings is 1. The average Bonchev–Trinajstić information content (AvgIpc) is 2.90. The zero-order valence-corrected chi connectivity index (χ0v) is 11.6. The van der Waals surface area contributed by atoms with Gasteiger partial charge in [0.2, 0.25) is 0 Å². The highest BCUT2D eigenvalue weighted by atomic mass is 19.1. The van der Waals surface area contributed by atoms with Gasteiger partial charge in [-0.1, -0.05) is 25.8 Å². The summed E-state index contributed by atoms with van der Waals surface area (Å²) in [5, 5.41) is 3.49. The molecule has 3 heteroatoms. The molecule has 0 bridgehead atoms. The lowest BCUT2D eigenvalue weighted by Gasteiger charge is -2.24. The van der Waals surface area contributed by atoms with Gasteiger partial charge in [0.25, 0.3) is 0 Å². The Morgan fingerprint density at radius 3 is 2.42 bits per heavy atom. The van der Waals surface area contributed by atoms with Crippen LogP contribution in [0.25, 0.3) is 0 Å². The molecular formula is C16H23F2N. The van der Waals surface area contributed by atoms with Crippen LogP contribution >= 0.6 is 0 Å². The van der Waals surface area contributed by atoms with Crippen molar-refractivity contribution in [1.29, 1.82) is 0 Å². The lowest BCUT2D eigenvalue weighted by Crippen LogP contribution is -2.35. The molecule has 1 aliphatic carbocycles. The Hall–Kier alpha value is -0.960. The molecule has 106 valence electrons. The molecule has 1 aromatic rings.